The van der Waals surface area contributed by atoms with Crippen molar-refractivity contribution >= 4 is 11.7 Å². The van der Waals surface area contributed by atoms with E-state index in [-0.39, 0.29) is 18.3 Å². The highest BCUT2D eigenvalue weighted by atomic mass is 16.5. The van der Waals surface area contributed by atoms with Gasteiger partial charge in [0.15, 0.2) is 23.9 Å². The molecule has 0 unspecified atom stereocenters. The number of nitrogens with zero attached hydrogens (tertiary/aromatic N) is 2. The number of hydrogen-bond donors (Lipinski definition) is 1. The van der Waals surface area contributed by atoms with Crippen molar-refractivity contribution in [1.82, 2.24) is 14.9 Å². The fraction of sp³-hybridized carbons (Fsp3) is 0.261. The van der Waals surface area contributed by atoms with Crippen molar-refractivity contribution in [2.45, 2.75) is 13.0 Å². The molecule has 31 heavy (non-hydrogen) atoms. The topological polar surface area (TPSA) is 91.7 Å². The first-order valence-corrected chi connectivity index (χ1v) is 9.65. The van der Waals surface area contributed by atoms with Crippen LogP contribution in [0.15, 0.2) is 54.9 Å². The standard InChI is InChI=1S/C23H25N3O5/c1-15(27)16-9-10-19(20(13-16)30-4)31-14-21(28)25-22(23-24-11-12-26(23)2)17-7-5-6-8-18(17)29-3/h5-13,22H,14H2,1-4H3,(H,25,28)/t22-/m1/s1. The highest BCUT2D eigenvalue weighted by molar-refractivity contribution is 5.94. The molecule has 0 spiro atoms. The van der Waals surface area contributed by atoms with E-state index in [4.69, 9.17) is 14.2 Å². The molecule has 0 saturated carbocycles. The van der Waals surface area contributed by atoms with Crippen molar-refractivity contribution in [3.05, 3.63) is 71.8 Å². The molecular formula is C23H25N3O5. The van der Waals surface area contributed by atoms with E-state index >= 15 is 0 Å². The van der Waals surface area contributed by atoms with E-state index in [0.717, 1.165) is 5.56 Å². The Labute approximate surface area is 180 Å². The summed E-state index contributed by atoms with van der Waals surface area (Å²) in [7, 11) is 4.91. The van der Waals surface area contributed by atoms with Gasteiger partial charge in [0.2, 0.25) is 0 Å². The Morgan fingerprint density at radius 1 is 1.06 bits per heavy atom. The lowest BCUT2D eigenvalue weighted by atomic mass is 10.0. The molecule has 0 bridgehead atoms. The predicted octanol–water partition coefficient (Wildman–Crippen LogP) is 2.92. The van der Waals surface area contributed by atoms with Crippen LogP contribution >= 0.6 is 0 Å². The Hall–Kier alpha value is -3.81. The molecule has 0 radical (unpaired) electrons. The molecule has 1 N–H and O–H groups in total. The minimum absolute atomic E-state index is 0.0858. The lowest BCUT2D eigenvalue weighted by Gasteiger charge is -2.21. The van der Waals surface area contributed by atoms with Crippen LogP contribution in [-0.4, -0.2) is 42.1 Å². The van der Waals surface area contributed by atoms with Crippen molar-refractivity contribution in [3.8, 4) is 17.2 Å². The number of aromatic nitrogens is 2. The summed E-state index contributed by atoms with van der Waals surface area (Å²) in [6.07, 6.45) is 3.48. The minimum Gasteiger partial charge on any atom is -0.496 e. The second-order valence-electron chi connectivity index (χ2n) is 6.85. The van der Waals surface area contributed by atoms with E-state index in [2.05, 4.69) is 10.3 Å². The predicted molar refractivity (Wildman–Crippen MR) is 115 cm³/mol. The third kappa shape index (κ3) is 5.03. The lowest BCUT2D eigenvalue weighted by Crippen LogP contribution is -2.34. The molecule has 0 fully saturated rings. The molecule has 3 aromatic rings. The fourth-order valence-corrected chi connectivity index (χ4v) is 3.19. The van der Waals surface area contributed by atoms with E-state index in [9.17, 15) is 9.59 Å². The number of ether oxygens (including phenoxy) is 3. The molecule has 1 amide bonds. The Kier molecular flexibility index (Phi) is 6.92. The van der Waals surface area contributed by atoms with E-state index in [1.165, 1.54) is 14.0 Å². The van der Waals surface area contributed by atoms with Gasteiger partial charge in [0.25, 0.3) is 5.91 Å². The number of para-hydroxylation sites is 1. The summed E-state index contributed by atoms with van der Waals surface area (Å²) in [5, 5.41) is 2.97. The summed E-state index contributed by atoms with van der Waals surface area (Å²) in [4.78, 5) is 28.7. The van der Waals surface area contributed by atoms with Crippen LogP contribution in [0.4, 0.5) is 0 Å². The number of rotatable bonds is 9. The number of ketones is 1. The van der Waals surface area contributed by atoms with Crippen LogP contribution in [0.3, 0.4) is 0 Å². The van der Waals surface area contributed by atoms with Gasteiger partial charge in [-0.15, -0.1) is 0 Å². The van der Waals surface area contributed by atoms with Crippen LogP contribution in [0, 0.1) is 0 Å². The maximum Gasteiger partial charge on any atom is 0.258 e. The number of hydrogen-bond acceptors (Lipinski definition) is 6. The monoisotopic (exact) mass is 423 g/mol. The third-order valence-electron chi connectivity index (χ3n) is 4.80. The highest BCUT2D eigenvalue weighted by Crippen LogP contribution is 2.30. The van der Waals surface area contributed by atoms with Gasteiger partial charge in [-0.2, -0.15) is 0 Å². The SMILES string of the molecule is COc1cc(C(C)=O)ccc1OCC(=O)N[C@H](c1ccccc1OC)c1nccn1C. The molecule has 1 aromatic heterocycles. The van der Waals surface area contributed by atoms with E-state index in [1.807, 2.05) is 42.1 Å². The van der Waals surface area contributed by atoms with Gasteiger partial charge >= 0.3 is 0 Å². The van der Waals surface area contributed by atoms with Crippen molar-refractivity contribution < 1.29 is 23.8 Å². The fourth-order valence-electron chi connectivity index (χ4n) is 3.19. The average Bonchev–Trinajstić information content (AvgIpc) is 3.21. The first kappa shape index (κ1) is 21.9. The van der Waals surface area contributed by atoms with Gasteiger partial charge < -0.3 is 24.1 Å². The summed E-state index contributed by atoms with van der Waals surface area (Å²) >= 11 is 0. The van der Waals surface area contributed by atoms with Gasteiger partial charge in [0, 0.05) is 30.6 Å². The summed E-state index contributed by atoms with van der Waals surface area (Å²) in [5.74, 6) is 1.60. The van der Waals surface area contributed by atoms with Crippen LogP contribution in [0.25, 0.3) is 0 Å². The molecule has 0 aliphatic rings. The summed E-state index contributed by atoms with van der Waals surface area (Å²) in [5.41, 5.74) is 1.27. The van der Waals surface area contributed by atoms with Crippen LogP contribution in [0.1, 0.15) is 34.7 Å². The number of nitrogens with one attached hydrogen (secondary N) is 1. The van der Waals surface area contributed by atoms with E-state index in [0.29, 0.717) is 28.6 Å². The molecule has 0 aliphatic carbocycles. The third-order valence-corrected chi connectivity index (χ3v) is 4.80. The number of imidazole rings is 1. The zero-order chi connectivity index (χ0) is 22.4. The number of carbonyl (C=O) groups excluding carboxylic acids is 2. The van der Waals surface area contributed by atoms with Gasteiger partial charge in [-0.05, 0) is 31.2 Å². The Bertz CT molecular complexity index is 1080. The molecule has 1 heterocycles. The maximum absolute atomic E-state index is 12.8. The Morgan fingerprint density at radius 3 is 2.45 bits per heavy atom. The number of Topliss-reactive ketones (excluding diaryl/α,β-unsaturated/α-hetero) is 1. The summed E-state index contributed by atoms with van der Waals surface area (Å²) in [6, 6.07) is 11.7. The average molecular weight is 423 g/mol. The van der Waals surface area contributed by atoms with Gasteiger partial charge in [0.1, 0.15) is 17.6 Å². The van der Waals surface area contributed by atoms with Gasteiger partial charge in [-0.3, -0.25) is 9.59 Å². The van der Waals surface area contributed by atoms with Crippen LogP contribution in [0.5, 0.6) is 17.2 Å². The number of methoxy groups -OCH3 is 2. The van der Waals surface area contributed by atoms with Crippen molar-refractivity contribution in [1.29, 1.82) is 0 Å². The van der Waals surface area contributed by atoms with Crippen molar-refractivity contribution in [2.24, 2.45) is 7.05 Å². The summed E-state index contributed by atoms with van der Waals surface area (Å²) < 4.78 is 18.3. The second-order valence-corrected chi connectivity index (χ2v) is 6.85. The van der Waals surface area contributed by atoms with Gasteiger partial charge in [-0.25, -0.2) is 4.98 Å². The van der Waals surface area contributed by atoms with Crippen LogP contribution < -0.4 is 19.5 Å². The van der Waals surface area contributed by atoms with Gasteiger partial charge in [0.05, 0.1) is 14.2 Å². The smallest absolute Gasteiger partial charge is 0.258 e. The molecule has 162 valence electrons. The van der Waals surface area contributed by atoms with Crippen LogP contribution in [0.2, 0.25) is 0 Å². The van der Waals surface area contributed by atoms with Gasteiger partial charge in [-0.1, -0.05) is 18.2 Å². The highest BCUT2D eigenvalue weighted by Gasteiger charge is 2.24. The number of benzene rings is 2. The molecule has 1 atom stereocenters. The number of carbonyl (C=O) groups is 2. The molecule has 8 nitrogen and oxygen atoms in total. The Balaban J connectivity index is 1.79. The van der Waals surface area contributed by atoms with Crippen LogP contribution in [-0.2, 0) is 11.8 Å². The zero-order valence-corrected chi connectivity index (χ0v) is 17.9. The second kappa shape index (κ2) is 9.80. The summed E-state index contributed by atoms with van der Waals surface area (Å²) in [6.45, 7) is 1.23. The first-order chi connectivity index (χ1) is 14.9. The largest absolute Gasteiger partial charge is 0.496 e. The minimum atomic E-state index is -0.533. The quantitative estimate of drug-likeness (QED) is 0.532. The number of aryl methyl sites for hydroxylation is 1. The molecule has 2 aromatic carbocycles. The lowest BCUT2D eigenvalue weighted by molar-refractivity contribution is -0.123. The zero-order valence-electron chi connectivity index (χ0n) is 17.9. The molecule has 0 saturated heterocycles. The molecule has 0 aliphatic heterocycles. The van der Waals surface area contributed by atoms with Crippen molar-refractivity contribution in [2.75, 3.05) is 20.8 Å². The van der Waals surface area contributed by atoms with E-state index < -0.39 is 6.04 Å². The first-order valence-electron chi connectivity index (χ1n) is 9.65. The van der Waals surface area contributed by atoms with E-state index in [1.54, 1.807) is 31.5 Å². The maximum atomic E-state index is 12.8. The normalized spacial score (nSPS) is 11.5. The Morgan fingerprint density at radius 2 is 1.81 bits per heavy atom. The molecule has 8 heteroatoms. The molecular weight excluding hydrogens is 398 g/mol. The van der Waals surface area contributed by atoms with Crippen molar-refractivity contribution in [3.63, 3.8) is 0 Å². The molecule has 3 rings (SSSR count). The number of amides is 1.